The number of rotatable bonds is 3. The van der Waals surface area contributed by atoms with E-state index < -0.39 is 5.91 Å². The van der Waals surface area contributed by atoms with E-state index in [0.717, 1.165) is 44.8 Å². The lowest BCUT2D eigenvalue weighted by atomic mass is 9.87. The number of primary amides is 1. The number of carbonyl (C=O) groups excluding carboxylic acids is 1. The van der Waals surface area contributed by atoms with Gasteiger partial charge < -0.3 is 17.2 Å². The van der Waals surface area contributed by atoms with Crippen molar-refractivity contribution in [3.8, 4) is 0 Å². The van der Waals surface area contributed by atoms with Gasteiger partial charge in [0.1, 0.15) is 5.82 Å². The van der Waals surface area contributed by atoms with Crippen LogP contribution in [0.15, 0.2) is 30.1 Å². The summed E-state index contributed by atoms with van der Waals surface area (Å²) < 4.78 is 0. The molecule has 0 saturated carbocycles. The van der Waals surface area contributed by atoms with Gasteiger partial charge in [0.05, 0.1) is 9.74 Å². The summed E-state index contributed by atoms with van der Waals surface area (Å²) in [6, 6.07) is 3.68. The van der Waals surface area contributed by atoms with Gasteiger partial charge in [-0.2, -0.15) is 0 Å². The maximum atomic E-state index is 11.8. The molecule has 0 bridgehead atoms. The second kappa shape index (κ2) is 6.10. The minimum absolute atomic E-state index is 0.407. The largest absolute Gasteiger partial charge is 0.404 e. The number of pyridine rings is 1. The number of amides is 1. The zero-order valence-electron chi connectivity index (χ0n) is 12.3. The van der Waals surface area contributed by atoms with Crippen molar-refractivity contribution in [3.63, 3.8) is 0 Å². The Bertz CT molecular complexity index is 821. The van der Waals surface area contributed by atoms with Crippen LogP contribution in [0.25, 0.3) is 0 Å². The molecule has 0 fully saturated rings. The molecule has 0 spiro atoms. The van der Waals surface area contributed by atoms with Gasteiger partial charge in [0.25, 0.3) is 5.91 Å². The molecule has 5 nitrogen and oxygen atoms in total. The summed E-state index contributed by atoms with van der Waals surface area (Å²) in [4.78, 5) is 18.2. The van der Waals surface area contributed by atoms with Crippen LogP contribution in [0.4, 0.5) is 5.82 Å². The summed E-state index contributed by atoms with van der Waals surface area (Å²) >= 11 is 6.99. The molecule has 6 N–H and O–H groups in total. The van der Waals surface area contributed by atoms with Crippen molar-refractivity contribution in [3.05, 3.63) is 56.5 Å². The summed E-state index contributed by atoms with van der Waals surface area (Å²) in [5, 5.41) is 0. The van der Waals surface area contributed by atoms with Crippen LogP contribution >= 0.6 is 23.6 Å². The van der Waals surface area contributed by atoms with Crippen molar-refractivity contribution in [2.24, 2.45) is 11.5 Å². The molecule has 3 rings (SSSR count). The van der Waals surface area contributed by atoms with Gasteiger partial charge in [-0.05, 0) is 41.8 Å². The highest BCUT2D eigenvalue weighted by atomic mass is 32.1. The van der Waals surface area contributed by atoms with E-state index in [0.29, 0.717) is 17.1 Å². The quantitative estimate of drug-likeness (QED) is 0.582. The maximum absolute atomic E-state index is 11.8. The van der Waals surface area contributed by atoms with Gasteiger partial charge in [-0.1, -0.05) is 18.3 Å². The van der Waals surface area contributed by atoms with Gasteiger partial charge in [-0.25, -0.2) is 4.98 Å². The summed E-state index contributed by atoms with van der Waals surface area (Å²) in [6.45, 7) is 0. The normalized spacial score (nSPS) is 15.7. The van der Waals surface area contributed by atoms with Crippen molar-refractivity contribution in [2.75, 3.05) is 5.73 Å². The Hall–Kier alpha value is -2.25. The van der Waals surface area contributed by atoms with Gasteiger partial charge in [-0.3, -0.25) is 4.79 Å². The number of nitrogen functional groups attached to an aromatic ring is 1. The van der Waals surface area contributed by atoms with E-state index in [-0.39, 0.29) is 0 Å². The lowest BCUT2D eigenvalue weighted by Crippen LogP contribution is -2.18. The molecule has 0 saturated heterocycles. The number of thiocarbonyl (C=S) groups is 1. The third-order valence-electron chi connectivity index (χ3n) is 3.88. The molecule has 2 aromatic heterocycles. The molecular formula is C16H16N4OS2. The first-order chi connectivity index (χ1) is 11.0. The molecule has 1 amide bonds. The maximum Gasteiger partial charge on any atom is 0.259 e. The number of carbonyl (C=O) groups is 1. The molecule has 1 aliphatic carbocycles. The highest BCUT2D eigenvalue weighted by molar-refractivity contribution is 7.81. The minimum Gasteiger partial charge on any atom is -0.404 e. The highest BCUT2D eigenvalue weighted by Gasteiger charge is 2.28. The molecule has 23 heavy (non-hydrogen) atoms. The average Bonchev–Trinajstić information content (AvgIpc) is 2.90. The molecule has 2 heterocycles. The number of hydrogen-bond acceptors (Lipinski definition) is 6. The van der Waals surface area contributed by atoms with Crippen LogP contribution in [0.2, 0.25) is 0 Å². The smallest absolute Gasteiger partial charge is 0.259 e. The van der Waals surface area contributed by atoms with Crippen molar-refractivity contribution in [2.45, 2.75) is 19.3 Å². The predicted molar refractivity (Wildman–Crippen MR) is 96.6 cm³/mol. The van der Waals surface area contributed by atoms with Gasteiger partial charge in [0, 0.05) is 23.1 Å². The van der Waals surface area contributed by atoms with Crippen LogP contribution in [0.5, 0.6) is 0 Å². The molecule has 118 valence electrons. The standard InChI is InChI=1S/C16H16N4OS2/c17-6-9-2-3-10-13(14(9)22)11(23-15(10)16(19)21)5-8-1-4-12(18)20-7-8/h1,4,6-7H,2-3,5,17H2,(H2,18,20)(H2,19,21). The fourth-order valence-electron chi connectivity index (χ4n) is 2.76. The van der Waals surface area contributed by atoms with Crippen molar-refractivity contribution < 1.29 is 4.79 Å². The molecular weight excluding hydrogens is 328 g/mol. The lowest BCUT2D eigenvalue weighted by Gasteiger charge is -2.18. The Morgan fingerprint density at radius 1 is 1.39 bits per heavy atom. The van der Waals surface area contributed by atoms with E-state index in [1.54, 1.807) is 18.5 Å². The number of nitrogens with zero attached hydrogens (tertiary/aromatic N) is 1. The zero-order valence-corrected chi connectivity index (χ0v) is 14.0. The summed E-state index contributed by atoms with van der Waals surface area (Å²) in [5.41, 5.74) is 20.7. The van der Waals surface area contributed by atoms with Gasteiger partial charge in [0.15, 0.2) is 0 Å². The first-order valence-electron chi connectivity index (χ1n) is 7.11. The summed E-state index contributed by atoms with van der Waals surface area (Å²) in [6.07, 6.45) is 5.39. The summed E-state index contributed by atoms with van der Waals surface area (Å²) in [7, 11) is 0. The van der Waals surface area contributed by atoms with Crippen molar-refractivity contribution in [1.29, 1.82) is 0 Å². The van der Waals surface area contributed by atoms with Crippen LogP contribution in [0.3, 0.4) is 0 Å². The number of nitrogens with two attached hydrogens (primary N) is 3. The number of fused-ring (bicyclic) bond motifs is 1. The third-order valence-corrected chi connectivity index (χ3v) is 5.59. The molecule has 0 aliphatic heterocycles. The number of allylic oxidation sites excluding steroid dienone is 1. The van der Waals surface area contributed by atoms with Gasteiger partial charge in [-0.15, -0.1) is 11.3 Å². The molecule has 1 aliphatic rings. The van der Waals surface area contributed by atoms with Gasteiger partial charge >= 0.3 is 0 Å². The van der Waals surface area contributed by atoms with E-state index in [9.17, 15) is 4.79 Å². The van der Waals surface area contributed by atoms with Crippen molar-refractivity contribution >= 4 is 40.1 Å². The van der Waals surface area contributed by atoms with E-state index in [1.807, 2.05) is 6.07 Å². The zero-order chi connectivity index (χ0) is 16.6. The Morgan fingerprint density at radius 2 is 2.17 bits per heavy atom. The van der Waals surface area contributed by atoms with Crippen LogP contribution in [0, 0.1) is 0 Å². The van der Waals surface area contributed by atoms with E-state index in [1.165, 1.54) is 11.3 Å². The van der Waals surface area contributed by atoms with E-state index >= 15 is 0 Å². The molecule has 0 aromatic carbocycles. The summed E-state index contributed by atoms with van der Waals surface area (Å²) in [5.74, 6) is 0.0690. The fourth-order valence-corrected chi connectivity index (χ4v) is 4.48. The first-order valence-corrected chi connectivity index (χ1v) is 8.34. The highest BCUT2D eigenvalue weighted by Crippen LogP contribution is 2.37. The third kappa shape index (κ3) is 2.85. The average molecular weight is 344 g/mol. The van der Waals surface area contributed by atoms with E-state index in [2.05, 4.69) is 4.98 Å². The SMILES string of the molecule is NC=C1CCc2c(C(N)=O)sc(Cc3ccc(N)nc3)c2C1=S. The molecule has 7 heteroatoms. The fraction of sp³-hybridized carbons (Fsp3) is 0.188. The minimum atomic E-state index is -0.407. The van der Waals surface area contributed by atoms with Gasteiger partial charge in [0.2, 0.25) is 0 Å². The Labute approximate surface area is 143 Å². The Morgan fingerprint density at radius 3 is 2.78 bits per heavy atom. The second-order valence-corrected chi connectivity index (χ2v) is 6.87. The lowest BCUT2D eigenvalue weighted by molar-refractivity contribution is 0.100. The Balaban J connectivity index is 2.08. The predicted octanol–water partition coefficient (Wildman–Crippen LogP) is 1.92. The second-order valence-electron chi connectivity index (χ2n) is 5.36. The monoisotopic (exact) mass is 344 g/mol. The Kier molecular flexibility index (Phi) is 4.14. The number of aromatic nitrogens is 1. The van der Waals surface area contributed by atoms with Crippen molar-refractivity contribution in [1.82, 2.24) is 4.98 Å². The molecule has 2 aromatic rings. The topological polar surface area (TPSA) is 108 Å². The van der Waals surface area contributed by atoms with Crippen LogP contribution < -0.4 is 17.2 Å². The molecule has 0 radical (unpaired) electrons. The van der Waals surface area contributed by atoms with E-state index in [4.69, 9.17) is 29.4 Å². The van der Waals surface area contributed by atoms with Crippen LogP contribution in [-0.2, 0) is 12.8 Å². The number of thiophene rings is 1. The number of anilines is 1. The molecule has 0 unspecified atom stereocenters. The number of hydrogen-bond donors (Lipinski definition) is 3. The van der Waals surface area contributed by atoms with Crippen LogP contribution in [-0.4, -0.2) is 15.8 Å². The first kappa shape index (κ1) is 15.6. The van der Waals surface area contributed by atoms with Crippen LogP contribution in [0.1, 0.15) is 37.7 Å². The molecule has 0 atom stereocenters.